The molecule has 0 aliphatic heterocycles. The second-order valence-corrected chi connectivity index (χ2v) is 6.32. The van der Waals surface area contributed by atoms with Crippen molar-refractivity contribution in [3.63, 3.8) is 0 Å². The van der Waals surface area contributed by atoms with Crippen LogP contribution < -0.4 is 5.32 Å². The molecular weight excluding hydrogens is 238 g/mol. The van der Waals surface area contributed by atoms with E-state index in [9.17, 15) is 13.5 Å². The van der Waals surface area contributed by atoms with Crippen molar-refractivity contribution in [1.82, 2.24) is 5.32 Å². The monoisotopic (exact) mass is 257 g/mol. The van der Waals surface area contributed by atoms with E-state index in [0.717, 1.165) is 12.7 Å². The molecule has 0 aliphatic rings. The third-order valence-corrected chi connectivity index (χ3v) is 4.24. The maximum Gasteiger partial charge on any atom is 0.203 e. The zero-order valence-electron chi connectivity index (χ0n) is 10.2. The molecule has 2 N–H and O–H groups in total. The van der Waals surface area contributed by atoms with Gasteiger partial charge >= 0.3 is 0 Å². The Kier molecular flexibility index (Phi) is 4.68. The van der Waals surface area contributed by atoms with Crippen molar-refractivity contribution in [2.75, 3.05) is 19.3 Å². The zero-order valence-corrected chi connectivity index (χ0v) is 11.0. The second-order valence-electron chi connectivity index (χ2n) is 4.10. The lowest BCUT2D eigenvalue weighted by atomic mass is 10.1. The summed E-state index contributed by atoms with van der Waals surface area (Å²) in [5, 5.41) is 13.3. The van der Waals surface area contributed by atoms with Crippen LogP contribution in [0.15, 0.2) is 30.3 Å². The molecule has 5 heteroatoms. The Balaban J connectivity index is 3.04. The van der Waals surface area contributed by atoms with Gasteiger partial charge in [0.05, 0.1) is 0 Å². The maximum atomic E-state index is 11.8. The number of rotatable bonds is 6. The van der Waals surface area contributed by atoms with Gasteiger partial charge in [0.2, 0.25) is 4.93 Å². The molecule has 4 nitrogen and oxygen atoms in total. The molecular formula is C12H19NO3S. The van der Waals surface area contributed by atoms with E-state index >= 15 is 0 Å². The Morgan fingerprint density at radius 3 is 2.35 bits per heavy atom. The van der Waals surface area contributed by atoms with Crippen molar-refractivity contribution in [2.24, 2.45) is 0 Å². The molecule has 17 heavy (non-hydrogen) atoms. The van der Waals surface area contributed by atoms with Gasteiger partial charge in [-0.15, -0.1) is 0 Å². The lowest BCUT2D eigenvalue weighted by Crippen LogP contribution is -2.44. The molecule has 1 aromatic rings. The van der Waals surface area contributed by atoms with Crippen LogP contribution in [0, 0.1) is 0 Å². The van der Waals surface area contributed by atoms with E-state index in [1.807, 2.05) is 6.92 Å². The summed E-state index contributed by atoms with van der Waals surface area (Å²) >= 11 is 0. The average Bonchev–Trinajstić information content (AvgIpc) is 2.29. The first-order valence-corrected chi connectivity index (χ1v) is 7.49. The highest BCUT2D eigenvalue weighted by Crippen LogP contribution is 2.26. The highest BCUT2D eigenvalue weighted by atomic mass is 32.2. The van der Waals surface area contributed by atoms with E-state index in [1.165, 1.54) is 0 Å². The number of benzene rings is 1. The number of aliphatic hydroxyl groups is 1. The summed E-state index contributed by atoms with van der Waals surface area (Å²) in [6, 6.07) is 8.45. The Bertz CT molecular complexity index is 444. The predicted octanol–water partition coefficient (Wildman–Crippen LogP) is 0.876. The number of nitrogens with one attached hydrogen (secondary N) is 1. The van der Waals surface area contributed by atoms with Crippen molar-refractivity contribution in [3.05, 3.63) is 35.9 Å². The maximum absolute atomic E-state index is 11.8. The molecule has 0 saturated carbocycles. The van der Waals surface area contributed by atoms with Crippen LogP contribution in [0.5, 0.6) is 0 Å². The minimum atomic E-state index is -3.60. The minimum Gasteiger partial charge on any atom is -0.370 e. The standard InChI is InChI=1S/C12H19NO3S/c1-3-9-13-10-12(14,17(2,15)16)11-7-5-4-6-8-11/h4-8,13-14H,3,9-10H2,1-2H3. The van der Waals surface area contributed by atoms with Gasteiger partial charge in [0.1, 0.15) is 0 Å². The third kappa shape index (κ3) is 3.28. The lowest BCUT2D eigenvalue weighted by molar-refractivity contribution is 0.123. The summed E-state index contributed by atoms with van der Waals surface area (Å²) in [5.74, 6) is 0. The molecule has 0 radical (unpaired) electrons. The first-order chi connectivity index (χ1) is 7.92. The van der Waals surface area contributed by atoms with Gasteiger partial charge in [0, 0.05) is 18.4 Å². The molecule has 0 fully saturated rings. The fraction of sp³-hybridized carbons (Fsp3) is 0.500. The number of sulfone groups is 1. The zero-order chi connectivity index (χ0) is 12.9. The van der Waals surface area contributed by atoms with Gasteiger partial charge in [-0.2, -0.15) is 0 Å². The van der Waals surface area contributed by atoms with Crippen LogP contribution in [0.25, 0.3) is 0 Å². The molecule has 0 heterocycles. The van der Waals surface area contributed by atoms with E-state index in [-0.39, 0.29) is 6.54 Å². The summed E-state index contributed by atoms with van der Waals surface area (Å²) in [6.07, 6.45) is 1.93. The fourth-order valence-electron chi connectivity index (χ4n) is 1.58. The molecule has 0 saturated heterocycles. The first kappa shape index (κ1) is 14.2. The van der Waals surface area contributed by atoms with E-state index < -0.39 is 14.8 Å². The van der Waals surface area contributed by atoms with Gasteiger partial charge in [-0.3, -0.25) is 0 Å². The summed E-state index contributed by atoms with van der Waals surface area (Å²) in [7, 11) is -3.60. The Morgan fingerprint density at radius 1 is 1.29 bits per heavy atom. The Morgan fingerprint density at radius 2 is 1.88 bits per heavy atom. The van der Waals surface area contributed by atoms with Crippen LogP contribution in [0.3, 0.4) is 0 Å². The highest BCUT2D eigenvalue weighted by molar-refractivity contribution is 7.91. The van der Waals surface area contributed by atoms with Crippen LogP contribution >= 0.6 is 0 Å². The summed E-state index contributed by atoms with van der Waals surface area (Å²) < 4.78 is 23.5. The molecule has 0 bridgehead atoms. The van der Waals surface area contributed by atoms with Gasteiger partial charge < -0.3 is 10.4 Å². The van der Waals surface area contributed by atoms with Crippen molar-refractivity contribution in [2.45, 2.75) is 18.3 Å². The lowest BCUT2D eigenvalue weighted by Gasteiger charge is -2.27. The van der Waals surface area contributed by atoms with E-state index in [1.54, 1.807) is 30.3 Å². The summed E-state index contributed by atoms with van der Waals surface area (Å²) in [4.78, 5) is -1.86. The van der Waals surface area contributed by atoms with E-state index in [4.69, 9.17) is 0 Å². The van der Waals surface area contributed by atoms with Crippen LogP contribution in [-0.4, -0.2) is 32.9 Å². The summed E-state index contributed by atoms with van der Waals surface area (Å²) in [6.45, 7) is 2.66. The molecule has 96 valence electrons. The van der Waals surface area contributed by atoms with Crippen molar-refractivity contribution in [3.8, 4) is 0 Å². The second kappa shape index (κ2) is 5.62. The van der Waals surface area contributed by atoms with Gasteiger partial charge in [-0.05, 0) is 13.0 Å². The molecule has 1 rings (SSSR count). The first-order valence-electron chi connectivity index (χ1n) is 5.60. The van der Waals surface area contributed by atoms with Crippen molar-refractivity contribution < 1.29 is 13.5 Å². The molecule has 1 unspecified atom stereocenters. The third-order valence-electron chi connectivity index (χ3n) is 2.63. The normalized spacial score (nSPS) is 15.5. The van der Waals surface area contributed by atoms with Crippen LogP contribution in [0.1, 0.15) is 18.9 Å². The number of hydrogen-bond acceptors (Lipinski definition) is 4. The summed E-state index contributed by atoms with van der Waals surface area (Å²) in [5.41, 5.74) is 0.395. The smallest absolute Gasteiger partial charge is 0.203 e. The Labute approximate surface area is 103 Å². The molecule has 0 amide bonds. The molecule has 0 spiro atoms. The van der Waals surface area contributed by atoms with Gasteiger partial charge in [0.25, 0.3) is 0 Å². The quantitative estimate of drug-likeness (QED) is 0.742. The van der Waals surface area contributed by atoms with Crippen molar-refractivity contribution >= 4 is 9.84 Å². The highest BCUT2D eigenvalue weighted by Gasteiger charge is 2.39. The van der Waals surface area contributed by atoms with Gasteiger partial charge in [0.15, 0.2) is 9.84 Å². The topological polar surface area (TPSA) is 66.4 Å². The molecule has 1 aromatic carbocycles. The predicted molar refractivity (Wildman–Crippen MR) is 68.3 cm³/mol. The van der Waals surface area contributed by atoms with E-state index in [2.05, 4.69) is 5.32 Å². The number of hydrogen-bond donors (Lipinski definition) is 2. The largest absolute Gasteiger partial charge is 0.370 e. The van der Waals surface area contributed by atoms with Crippen LogP contribution in [0.2, 0.25) is 0 Å². The molecule has 1 atom stereocenters. The van der Waals surface area contributed by atoms with Crippen molar-refractivity contribution in [1.29, 1.82) is 0 Å². The van der Waals surface area contributed by atoms with E-state index in [0.29, 0.717) is 12.1 Å². The SMILES string of the molecule is CCCNCC(O)(c1ccccc1)S(C)(=O)=O. The Hall–Kier alpha value is -0.910. The van der Waals surface area contributed by atoms with Crippen LogP contribution in [0.4, 0.5) is 0 Å². The molecule has 0 aromatic heterocycles. The fourth-order valence-corrected chi connectivity index (χ4v) is 2.51. The van der Waals surface area contributed by atoms with Gasteiger partial charge in [-0.1, -0.05) is 37.3 Å². The average molecular weight is 257 g/mol. The van der Waals surface area contributed by atoms with Gasteiger partial charge in [-0.25, -0.2) is 8.42 Å². The van der Waals surface area contributed by atoms with Crippen LogP contribution in [-0.2, 0) is 14.8 Å². The minimum absolute atomic E-state index is 0.00366. The molecule has 0 aliphatic carbocycles.